The topological polar surface area (TPSA) is 82.3 Å². The molecule has 6 heteroatoms. The van der Waals surface area contributed by atoms with Gasteiger partial charge in [0.1, 0.15) is 11.6 Å². The van der Waals surface area contributed by atoms with Crippen molar-refractivity contribution in [3.8, 4) is 17.6 Å². The Hall–Kier alpha value is -2.00. The quantitative estimate of drug-likeness (QED) is 0.603. The van der Waals surface area contributed by atoms with Crippen molar-refractivity contribution < 1.29 is 14.6 Å². The second-order valence-corrected chi connectivity index (χ2v) is 6.97. The first-order valence-electron chi connectivity index (χ1n) is 7.95. The zero-order valence-electron chi connectivity index (χ0n) is 13.8. The van der Waals surface area contributed by atoms with Crippen molar-refractivity contribution in [2.45, 2.75) is 38.6 Å². The van der Waals surface area contributed by atoms with E-state index in [1.165, 1.54) is 19.6 Å². The van der Waals surface area contributed by atoms with Crippen LogP contribution >= 0.6 is 15.9 Å². The van der Waals surface area contributed by atoms with Crippen LogP contribution in [0, 0.1) is 17.2 Å². The van der Waals surface area contributed by atoms with Crippen molar-refractivity contribution in [2.75, 3.05) is 7.11 Å². The molecular formula is C18H21BrN2O3. The van der Waals surface area contributed by atoms with Gasteiger partial charge in [-0.3, -0.25) is 4.79 Å². The first-order chi connectivity index (χ1) is 11.5. The molecule has 1 aliphatic rings. The number of rotatable bonds is 4. The SMILES string of the molecule is COc1cc(Br)cc(/C=C(\C#N)C(=O)N[C@H]2CCCC[C@H]2C)c1O. The van der Waals surface area contributed by atoms with Crippen molar-refractivity contribution in [1.29, 1.82) is 5.26 Å². The Bertz CT molecular complexity index is 694. The lowest BCUT2D eigenvalue weighted by molar-refractivity contribution is -0.118. The number of benzene rings is 1. The maximum atomic E-state index is 12.4. The lowest BCUT2D eigenvalue weighted by Gasteiger charge is -2.29. The minimum Gasteiger partial charge on any atom is -0.504 e. The number of halogens is 1. The largest absolute Gasteiger partial charge is 0.504 e. The van der Waals surface area contributed by atoms with Gasteiger partial charge in [0.2, 0.25) is 0 Å². The highest BCUT2D eigenvalue weighted by atomic mass is 79.9. The highest BCUT2D eigenvalue weighted by Crippen LogP contribution is 2.35. The molecule has 0 saturated heterocycles. The monoisotopic (exact) mass is 392 g/mol. The fourth-order valence-corrected chi connectivity index (χ4v) is 3.40. The first-order valence-corrected chi connectivity index (χ1v) is 8.74. The van der Waals surface area contributed by atoms with E-state index in [-0.39, 0.29) is 23.1 Å². The van der Waals surface area contributed by atoms with Gasteiger partial charge in [-0.1, -0.05) is 35.7 Å². The lowest BCUT2D eigenvalue weighted by atomic mass is 9.86. The van der Waals surface area contributed by atoms with E-state index in [0.29, 0.717) is 16.0 Å². The maximum absolute atomic E-state index is 12.4. The van der Waals surface area contributed by atoms with Crippen LogP contribution < -0.4 is 10.1 Å². The van der Waals surface area contributed by atoms with E-state index in [4.69, 9.17) is 4.74 Å². The van der Waals surface area contributed by atoms with Gasteiger partial charge in [-0.05, 0) is 37.0 Å². The van der Waals surface area contributed by atoms with Crippen molar-refractivity contribution in [1.82, 2.24) is 5.32 Å². The number of hydrogen-bond acceptors (Lipinski definition) is 4. The second kappa shape index (κ2) is 8.20. The Morgan fingerprint density at radius 2 is 2.17 bits per heavy atom. The van der Waals surface area contributed by atoms with Crippen molar-refractivity contribution in [3.63, 3.8) is 0 Å². The summed E-state index contributed by atoms with van der Waals surface area (Å²) >= 11 is 3.32. The van der Waals surface area contributed by atoms with Crippen LogP contribution in [0.15, 0.2) is 22.2 Å². The van der Waals surface area contributed by atoms with E-state index in [1.54, 1.807) is 12.1 Å². The van der Waals surface area contributed by atoms with Gasteiger partial charge in [0.05, 0.1) is 7.11 Å². The molecule has 24 heavy (non-hydrogen) atoms. The molecule has 1 aromatic rings. The van der Waals surface area contributed by atoms with Crippen LogP contribution in [0.4, 0.5) is 0 Å². The third kappa shape index (κ3) is 4.30. The van der Waals surface area contributed by atoms with Gasteiger partial charge in [0, 0.05) is 16.1 Å². The van der Waals surface area contributed by atoms with Crippen LogP contribution in [0.1, 0.15) is 38.2 Å². The highest BCUT2D eigenvalue weighted by molar-refractivity contribution is 9.10. The summed E-state index contributed by atoms with van der Waals surface area (Å²) in [6.45, 7) is 2.12. The molecule has 2 rings (SSSR count). The molecule has 5 nitrogen and oxygen atoms in total. The molecule has 0 spiro atoms. The molecule has 1 saturated carbocycles. The maximum Gasteiger partial charge on any atom is 0.262 e. The van der Waals surface area contributed by atoms with Gasteiger partial charge >= 0.3 is 0 Å². The fourth-order valence-electron chi connectivity index (χ4n) is 2.94. The first kappa shape index (κ1) is 18.3. The Balaban J connectivity index is 2.24. The predicted octanol–water partition coefficient (Wildman–Crippen LogP) is 3.77. The smallest absolute Gasteiger partial charge is 0.262 e. The summed E-state index contributed by atoms with van der Waals surface area (Å²) in [5.74, 6) is 0.165. The normalized spacial score (nSPS) is 21.0. The van der Waals surface area contributed by atoms with E-state index in [9.17, 15) is 15.2 Å². The van der Waals surface area contributed by atoms with Gasteiger partial charge < -0.3 is 15.2 Å². The van der Waals surface area contributed by atoms with E-state index in [1.807, 2.05) is 6.07 Å². The standard InChI is InChI=1S/C18H21BrN2O3/c1-11-5-3-4-6-15(11)21-18(23)13(10-20)7-12-8-14(19)9-16(24-2)17(12)22/h7-9,11,15,22H,3-6H2,1-2H3,(H,21,23)/b13-7+/t11-,15+/m1/s1. The average Bonchev–Trinajstić information content (AvgIpc) is 2.57. The molecule has 0 aromatic heterocycles. The van der Waals surface area contributed by atoms with E-state index in [0.717, 1.165) is 19.3 Å². The minimum absolute atomic E-state index is 0.0387. The molecule has 2 N–H and O–H groups in total. The van der Waals surface area contributed by atoms with E-state index >= 15 is 0 Å². The van der Waals surface area contributed by atoms with Crippen LogP contribution in [0.3, 0.4) is 0 Å². The number of nitrogens with one attached hydrogen (secondary N) is 1. The number of phenolic OH excluding ortho intramolecular Hbond substituents is 1. The molecule has 1 fully saturated rings. The van der Waals surface area contributed by atoms with E-state index in [2.05, 4.69) is 28.2 Å². The number of ether oxygens (including phenoxy) is 1. The molecule has 1 aromatic carbocycles. The summed E-state index contributed by atoms with van der Waals surface area (Å²) in [7, 11) is 1.44. The number of carbonyl (C=O) groups excluding carboxylic acids is 1. The van der Waals surface area contributed by atoms with Gasteiger partial charge in [-0.2, -0.15) is 5.26 Å². The summed E-state index contributed by atoms with van der Waals surface area (Å²) in [4.78, 5) is 12.4. The average molecular weight is 393 g/mol. The molecular weight excluding hydrogens is 372 g/mol. The lowest BCUT2D eigenvalue weighted by Crippen LogP contribution is -2.41. The summed E-state index contributed by atoms with van der Waals surface area (Å²) in [6, 6.07) is 5.26. The fraction of sp³-hybridized carbons (Fsp3) is 0.444. The second-order valence-electron chi connectivity index (χ2n) is 6.06. The number of methoxy groups -OCH3 is 1. The summed E-state index contributed by atoms with van der Waals surface area (Å²) in [6.07, 6.45) is 5.66. The Morgan fingerprint density at radius 3 is 2.79 bits per heavy atom. The Labute approximate surface area is 150 Å². The molecule has 1 aliphatic carbocycles. The van der Waals surface area contributed by atoms with Crippen LogP contribution in [0.25, 0.3) is 6.08 Å². The Kier molecular flexibility index (Phi) is 6.27. The third-order valence-corrected chi connectivity index (χ3v) is 4.84. The zero-order chi connectivity index (χ0) is 17.7. The molecule has 0 radical (unpaired) electrons. The number of aromatic hydroxyl groups is 1. The van der Waals surface area contributed by atoms with Crippen LogP contribution in [0.2, 0.25) is 0 Å². The Morgan fingerprint density at radius 1 is 1.46 bits per heavy atom. The summed E-state index contributed by atoms with van der Waals surface area (Å²) in [5, 5.41) is 22.5. The molecule has 0 aliphatic heterocycles. The predicted molar refractivity (Wildman–Crippen MR) is 95.5 cm³/mol. The van der Waals surface area contributed by atoms with Crippen molar-refractivity contribution in [3.05, 3.63) is 27.7 Å². The molecule has 1 amide bonds. The number of amides is 1. The van der Waals surface area contributed by atoms with Crippen LogP contribution in [-0.2, 0) is 4.79 Å². The van der Waals surface area contributed by atoms with Gasteiger partial charge in [-0.15, -0.1) is 0 Å². The van der Waals surface area contributed by atoms with Gasteiger partial charge in [0.15, 0.2) is 11.5 Å². The van der Waals surface area contributed by atoms with Crippen molar-refractivity contribution in [2.24, 2.45) is 5.92 Å². The van der Waals surface area contributed by atoms with Gasteiger partial charge in [0.25, 0.3) is 5.91 Å². The minimum atomic E-state index is -0.408. The zero-order valence-corrected chi connectivity index (χ0v) is 15.4. The third-order valence-electron chi connectivity index (χ3n) is 4.38. The molecule has 2 atom stereocenters. The van der Waals surface area contributed by atoms with Crippen LogP contribution in [0.5, 0.6) is 11.5 Å². The number of phenols is 1. The van der Waals surface area contributed by atoms with Crippen LogP contribution in [-0.4, -0.2) is 24.2 Å². The number of nitrogens with zero attached hydrogens (tertiary/aromatic N) is 1. The molecule has 0 bridgehead atoms. The number of nitriles is 1. The molecule has 128 valence electrons. The highest BCUT2D eigenvalue weighted by Gasteiger charge is 2.24. The summed E-state index contributed by atoms with van der Waals surface area (Å²) < 4.78 is 5.77. The summed E-state index contributed by atoms with van der Waals surface area (Å²) in [5.41, 5.74) is 0.313. The molecule has 0 heterocycles. The molecule has 0 unspecified atom stereocenters. The van der Waals surface area contributed by atoms with Gasteiger partial charge in [-0.25, -0.2) is 0 Å². The van der Waals surface area contributed by atoms with E-state index < -0.39 is 5.91 Å². The van der Waals surface area contributed by atoms with Crippen molar-refractivity contribution >= 4 is 27.9 Å². The number of hydrogen-bond donors (Lipinski definition) is 2. The number of carbonyl (C=O) groups is 1.